The Bertz CT molecular complexity index is 914. The lowest BCUT2D eigenvalue weighted by atomic mass is 10.1. The van der Waals surface area contributed by atoms with Gasteiger partial charge in [0.2, 0.25) is 0 Å². The van der Waals surface area contributed by atoms with Crippen LogP contribution in [0.1, 0.15) is 41.2 Å². The molecular formula is C19H20ClN3O. The van der Waals surface area contributed by atoms with Gasteiger partial charge < -0.3 is 5.32 Å². The Morgan fingerprint density at radius 3 is 2.71 bits per heavy atom. The van der Waals surface area contributed by atoms with E-state index in [0.29, 0.717) is 17.1 Å². The fraction of sp³-hybridized carbons (Fsp3) is 0.263. The molecule has 3 rings (SSSR count). The van der Waals surface area contributed by atoms with Crippen molar-refractivity contribution in [2.45, 2.75) is 33.6 Å². The molecule has 0 atom stereocenters. The third kappa shape index (κ3) is 2.89. The van der Waals surface area contributed by atoms with Crippen molar-refractivity contribution in [3.8, 4) is 0 Å². The molecule has 0 spiro atoms. The number of nitrogens with zero attached hydrogens (tertiary/aromatic N) is 2. The molecule has 0 aliphatic heterocycles. The third-order valence-electron chi connectivity index (χ3n) is 4.18. The maximum Gasteiger partial charge on any atom is 0.274 e. The van der Waals surface area contributed by atoms with Crippen LogP contribution in [0, 0.1) is 6.92 Å². The lowest BCUT2D eigenvalue weighted by Crippen LogP contribution is -2.18. The zero-order chi connectivity index (χ0) is 17.3. The van der Waals surface area contributed by atoms with Crippen molar-refractivity contribution >= 4 is 28.8 Å². The van der Waals surface area contributed by atoms with E-state index in [0.717, 1.165) is 34.6 Å². The molecule has 0 unspecified atom stereocenters. The van der Waals surface area contributed by atoms with Crippen LogP contribution in [0.5, 0.6) is 0 Å². The van der Waals surface area contributed by atoms with Crippen molar-refractivity contribution < 1.29 is 4.79 Å². The molecule has 0 aliphatic rings. The van der Waals surface area contributed by atoms with Crippen molar-refractivity contribution in [1.29, 1.82) is 0 Å². The number of benzene rings is 1. The number of aromatic nitrogens is 2. The van der Waals surface area contributed by atoms with Gasteiger partial charge in [-0.1, -0.05) is 43.6 Å². The Kier molecular flexibility index (Phi) is 4.58. The van der Waals surface area contributed by atoms with Gasteiger partial charge in [0, 0.05) is 11.9 Å². The zero-order valence-electron chi connectivity index (χ0n) is 14.1. The molecule has 2 aromatic heterocycles. The summed E-state index contributed by atoms with van der Waals surface area (Å²) in [4.78, 5) is 17.5. The number of para-hydroxylation sites is 1. The van der Waals surface area contributed by atoms with Gasteiger partial charge in [-0.15, -0.1) is 0 Å². The maximum atomic E-state index is 13.0. The molecular weight excluding hydrogens is 322 g/mol. The van der Waals surface area contributed by atoms with E-state index in [9.17, 15) is 4.79 Å². The number of imidazole rings is 1. The minimum absolute atomic E-state index is 0.161. The second-order valence-corrected chi connectivity index (χ2v) is 6.19. The molecule has 0 bridgehead atoms. The zero-order valence-corrected chi connectivity index (χ0v) is 14.8. The van der Waals surface area contributed by atoms with E-state index in [-0.39, 0.29) is 5.91 Å². The van der Waals surface area contributed by atoms with Gasteiger partial charge in [0.1, 0.15) is 11.3 Å². The molecule has 0 saturated heterocycles. The molecule has 0 saturated carbocycles. The van der Waals surface area contributed by atoms with Crippen LogP contribution in [0.15, 0.2) is 36.5 Å². The normalized spacial score (nSPS) is 11.0. The highest BCUT2D eigenvalue weighted by atomic mass is 35.5. The molecule has 4 nitrogen and oxygen atoms in total. The van der Waals surface area contributed by atoms with Crippen LogP contribution >= 0.6 is 11.6 Å². The molecule has 5 heteroatoms. The third-order valence-corrected chi connectivity index (χ3v) is 4.41. The second-order valence-electron chi connectivity index (χ2n) is 5.75. The van der Waals surface area contributed by atoms with Gasteiger partial charge in [0.05, 0.1) is 10.7 Å². The number of hydrogen-bond acceptors (Lipinski definition) is 2. The first kappa shape index (κ1) is 16.5. The summed E-state index contributed by atoms with van der Waals surface area (Å²) in [6.45, 7) is 6.07. The van der Waals surface area contributed by atoms with Crippen LogP contribution in [0.2, 0.25) is 5.02 Å². The van der Waals surface area contributed by atoms with Crippen LogP contribution < -0.4 is 5.32 Å². The van der Waals surface area contributed by atoms with Gasteiger partial charge >= 0.3 is 0 Å². The minimum Gasteiger partial charge on any atom is -0.320 e. The molecule has 0 radical (unpaired) electrons. The summed E-state index contributed by atoms with van der Waals surface area (Å²) in [7, 11) is 0. The molecule has 1 N–H and O–H groups in total. The quantitative estimate of drug-likeness (QED) is 0.749. The van der Waals surface area contributed by atoms with Gasteiger partial charge in [-0.3, -0.25) is 9.20 Å². The monoisotopic (exact) mass is 341 g/mol. The number of aryl methyl sites for hydroxylation is 3. The van der Waals surface area contributed by atoms with E-state index in [1.807, 2.05) is 38.1 Å². The number of carbonyl (C=O) groups excluding carboxylic acids is 1. The first-order chi connectivity index (χ1) is 11.5. The van der Waals surface area contributed by atoms with Crippen molar-refractivity contribution in [3.05, 3.63) is 64.1 Å². The summed E-state index contributed by atoms with van der Waals surface area (Å²) in [5.74, 6) is -0.161. The number of halogens is 1. The number of fused-ring (bicyclic) bond motifs is 1. The van der Waals surface area contributed by atoms with Crippen LogP contribution in [0.3, 0.4) is 0 Å². The summed E-state index contributed by atoms with van der Waals surface area (Å²) in [5.41, 5.74) is 5.08. The summed E-state index contributed by atoms with van der Waals surface area (Å²) in [5, 5.41) is 3.65. The summed E-state index contributed by atoms with van der Waals surface area (Å²) >= 11 is 6.10. The number of nitrogens with one attached hydrogen (secondary N) is 1. The summed E-state index contributed by atoms with van der Waals surface area (Å²) < 4.78 is 1.76. The van der Waals surface area contributed by atoms with E-state index in [1.54, 1.807) is 16.7 Å². The summed E-state index contributed by atoms with van der Waals surface area (Å²) in [6, 6.07) is 9.65. The maximum absolute atomic E-state index is 13.0. The topological polar surface area (TPSA) is 46.4 Å². The Hall–Kier alpha value is -2.33. The van der Waals surface area contributed by atoms with Crippen molar-refractivity contribution in [2.75, 3.05) is 5.32 Å². The number of anilines is 1. The lowest BCUT2D eigenvalue weighted by Gasteiger charge is -2.13. The molecule has 124 valence electrons. The molecule has 3 aromatic rings. The van der Waals surface area contributed by atoms with Gasteiger partial charge in [-0.2, -0.15) is 0 Å². The highest BCUT2D eigenvalue weighted by Crippen LogP contribution is 2.23. The number of hydrogen-bond donors (Lipinski definition) is 1. The van der Waals surface area contributed by atoms with Crippen LogP contribution in [0.25, 0.3) is 5.65 Å². The van der Waals surface area contributed by atoms with E-state index in [2.05, 4.69) is 17.2 Å². The number of amides is 1. The van der Waals surface area contributed by atoms with Crippen molar-refractivity contribution in [1.82, 2.24) is 9.38 Å². The second kappa shape index (κ2) is 6.65. The standard InChI is InChI=1S/C19H20ClN3O/c1-4-13-8-6-7-12(3)17(13)22-19(24)18-15(5-2)21-16-10-9-14(20)11-23(16)18/h6-11H,4-5H2,1-3H3,(H,22,24). The Morgan fingerprint density at radius 2 is 2.00 bits per heavy atom. The smallest absolute Gasteiger partial charge is 0.274 e. The molecule has 2 heterocycles. The highest BCUT2D eigenvalue weighted by molar-refractivity contribution is 6.30. The first-order valence-electron chi connectivity index (χ1n) is 8.11. The predicted octanol–water partition coefficient (Wildman–Crippen LogP) is 4.67. The van der Waals surface area contributed by atoms with Crippen molar-refractivity contribution in [3.63, 3.8) is 0 Å². The molecule has 0 aliphatic carbocycles. The Balaban J connectivity index is 2.08. The molecule has 1 aromatic carbocycles. The van der Waals surface area contributed by atoms with Crippen LogP contribution in [-0.2, 0) is 12.8 Å². The largest absolute Gasteiger partial charge is 0.320 e. The van der Waals surface area contributed by atoms with E-state index in [4.69, 9.17) is 11.6 Å². The summed E-state index contributed by atoms with van der Waals surface area (Å²) in [6.07, 6.45) is 3.27. The molecule has 0 fully saturated rings. The van der Waals surface area contributed by atoms with E-state index >= 15 is 0 Å². The molecule has 1 amide bonds. The van der Waals surface area contributed by atoms with Crippen LogP contribution in [-0.4, -0.2) is 15.3 Å². The Labute approximate surface area is 146 Å². The van der Waals surface area contributed by atoms with Crippen LogP contribution in [0.4, 0.5) is 5.69 Å². The highest BCUT2D eigenvalue weighted by Gasteiger charge is 2.20. The van der Waals surface area contributed by atoms with Crippen molar-refractivity contribution in [2.24, 2.45) is 0 Å². The fourth-order valence-electron chi connectivity index (χ4n) is 2.93. The average molecular weight is 342 g/mol. The molecule has 24 heavy (non-hydrogen) atoms. The first-order valence-corrected chi connectivity index (χ1v) is 8.49. The van der Waals surface area contributed by atoms with Gasteiger partial charge in [0.25, 0.3) is 5.91 Å². The van der Waals surface area contributed by atoms with E-state index in [1.165, 1.54) is 0 Å². The average Bonchev–Trinajstić information content (AvgIpc) is 2.94. The van der Waals surface area contributed by atoms with Gasteiger partial charge in [-0.05, 0) is 43.0 Å². The number of rotatable bonds is 4. The lowest BCUT2D eigenvalue weighted by molar-refractivity contribution is 0.102. The Morgan fingerprint density at radius 1 is 1.21 bits per heavy atom. The number of pyridine rings is 1. The fourth-order valence-corrected chi connectivity index (χ4v) is 3.09. The number of carbonyl (C=O) groups is 1. The van der Waals surface area contributed by atoms with E-state index < -0.39 is 0 Å². The minimum atomic E-state index is -0.161. The van der Waals surface area contributed by atoms with Gasteiger partial charge in [-0.25, -0.2) is 4.98 Å². The van der Waals surface area contributed by atoms with Gasteiger partial charge in [0.15, 0.2) is 0 Å². The predicted molar refractivity (Wildman–Crippen MR) is 98.1 cm³/mol. The SMILES string of the molecule is CCc1cccc(C)c1NC(=O)c1c(CC)nc2ccc(Cl)cn12.